The number of hydrogen-bond acceptors (Lipinski definition) is 4. The summed E-state index contributed by atoms with van der Waals surface area (Å²) in [6.07, 6.45) is 0. The fourth-order valence-electron chi connectivity index (χ4n) is 2.33. The maximum Gasteiger partial charge on any atom is 0.264 e. The molecule has 0 bridgehead atoms. The fourth-order valence-corrected chi connectivity index (χ4v) is 3.35. The van der Waals surface area contributed by atoms with Crippen LogP contribution in [0, 0.1) is 12.3 Å². The van der Waals surface area contributed by atoms with Crippen molar-refractivity contribution in [3.63, 3.8) is 0 Å². The van der Waals surface area contributed by atoms with Crippen LogP contribution in [0.4, 0.5) is 5.00 Å². The molecule has 1 aromatic rings. The molecule has 0 saturated carbocycles. The van der Waals surface area contributed by atoms with Gasteiger partial charge >= 0.3 is 0 Å². The zero-order chi connectivity index (χ0) is 16.5. The molecule has 0 spiro atoms. The topological polar surface area (TPSA) is 61.4 Å². The van der Waals surface area contributed by atoms with Crippen LogP contribution in [0.1, 0.15) is 42.9 Å². The summed E-state index contributed by atoms with van der Waals surface area (Å²) >= 11 is 1.36. The lowest BCUT2D eigenvalue weighted by Crippen LogP contribution is -2.52. The number of carbonyl (C=O) groups excluding carboxylic acids is 2. The normalized spacial score (nSPS) is 18.3. The van der Waals surface area contributed by atoms with Crippen LogP contribution in [-0.4, -0.2) is 42.4 Å². The maximum absolute atomic E-state index is 12.7. The van der Waals surface area contributed by atoms with Gasteiger partial charge in [-0.15, -0.1) is 23.7 Å². The Morgan fingerprint density at radius 1 is 1.39 bits per heavy atom. The van der Waals surface area contributed by atoms with Crippen LogP contribution in [0.2, 0.25) is 0 Å². The number of hydrogen-bond donors (Lipinski definition) is 2. The van der Waals surface area contributed by atoms with Crippen molar-refractivity contribution < 1.29 is 9.59 Å². The molecule has 0 radical (unpaired) electrons. The van der Waals surface area contributed by atoms with E-state index in [1.165, 1.54) is 11.3 Å². The SMILES string of the molecule is Cc1cc(NC(=O)C(C)(C)C)sc1C(=O)N1CCNC[C@H]1C.Cl. The largest absolute Gasteiger partial charge is 0.333 e. The molecule has 1 atom stereocenters. The van der Waals surface area contributed by atoms with Gasteiger partial charge in [-0.1, -0.05) is 20.8 Å². The van der Waals surface area contributed by atoms with E-state index in [1.54, 1.807) is 0 Å². The Kier molecular flexibility index (Phi) is 6.62. The number of nitrogens with one attached hydrogen (secondary N) is 2. The molecule has 2 N–H and O–H groups in total. The minimum atomic E-state index is -0.449. The van der Waals surface area contributed by atoms with Crippen LogP contribution < -0.4 is 10.6 Å². The van der Waals surface area contributed by atoms with Gasteiger partial charge in [0.05, 0.1) is 9.88 Å². The molecule has 130 valence electrons. The number of rotatable bonds is 2. The third kappa shape index (κ3) is 4.68. The molecule has 0 unspecified atom stereocenters. The van der Waals surface area contributed by atoms with Gasteiger partial charge < -0.3 is 15.5 Å². The molecule has 1 fully saturated rings. The molecular weight excluding hydrogens is 334 g/mol. The van der Waals surface area contributed by atoms with Gasteiger partial charge in [-0.2, -0.15) is 0 Å². The second kappa shape index (κ2) is 7.64. The molecule has 0 aliphatic carbocycles. The highest BCUT2D eigenvalue weighted by atomic mass is 35.5. The standard InChI is InChI=1S/C16H25N3O2S.ClH/c1-10-8-12(18-15(21)16(3,4)5)22-13(10)14(20)19-7-6-17-9-11(19)2;/h8,11,17H,6-7,9H2,1-5H3,(H,18,21);1H/t11-;/m1./s1. The Bertz CT molecular complexity index is 580. The highest BCUT2D eigenvalue weighted by molar-refractivity contribution is 7.18. The second-order valence-corrected chi connectivity index (χ2v) is 7.93. The minimum absolute atomic E-state index is 0. The molecule has 1 aliphatic rings. The Morgan fingerprint density at radius 3 is 2.61 bits per heavy atom. The van der Waals surface area contributed by atoms with Gasteiger partial charge in [0.25, 0.3) is 5.91 Å². The molecule has 0 aromatic carbocycles. The van der Waals surface area contributed by atoms with Crippen LogP contribution in [-0.2, 0) is 4.79 Å². The third-order valence-electron chi connectivity index (χ3n) is 3.79. The first-order valence-corrected chi connectivity index (χ1v) is 8.45. The first-order valence-electron chi connectivity index (χ1n) is 7.63. The number of carbonyl (C=O) groups is 2. The van der Waals surface area contributed by atoms with Gasteiger partial charge in [0, 0.05) is 31.1 Å². The monoisotopic (exact) mass is 359 g/mol. The minimum Gasteiger partial charge on any atom is -0.333 e. The Labute approximate surface area is 148 Å². The smallest absolute Gasteiger partial charge is 0.264 e. The van der Waals surface area contributed by atoms with Crippen molar-refractivity contribution in [1.29, 1.82) is 0 Å². The molecule has 1 aromatic heterocycles. The summed E-state index contributed by atoms with van der Waals surface area (Å²) in [5.74, 6) is 0.0241. The molecule has 2 amide bonds. The summed E-state index contributed by atoms with van der Waals surface area (Å²) in [5.41, 5.74) is 0.472. The van der Waals surface area contributed by atoms with Gasteiger partial charge in [0.15, 0.2) is 0 Å². The van der Waals surface area contributed by atoms with E-state index >= 15 is 0 Å². The number of halogens is 1. The highest BCUT2D eigenvalue weighted by Gasteiger charge is 2.27. The van der Waals surface area contributed by atoms with Crippen LogP contribution >= 0.6 is 23.7 Å². The predicted molar refractivity (Wildman–Crippen MR) is 97.8 cm³/mol. The van der Waals surface area contributed by atoms with E-state index in [1.807, 2.05) is 38.7 Å². The second-order valence-electron chi connectivity index (χ2n) is 6.88. The number of aryl methyl sites for hydroxylation is 1. The number of anilines is 1. The highest BCUT2D eigenvalue weighted by Crippen LogP contribution is 2.30. The zero-order valence-electron chi connectivity index (χ0n) is 14.4. The number of amides is 2. The molecule has 5 nitrogen and oxygen atoms in total. The zero-order valence-corrected chi connectivity index (χ0v) is 16.0. The van der Waals surface area contributed by atoms with Gasteiger partial charge in [0.2, 0.25) is 5.91 Å². The van der Waals surface area contributed by atoms with Crippen molar-refractivity contribution >= 4 is 40.6 Å². The van der Waals surface area contributed by atoms with Gasteiger partial charge in [-0.3, -0.25) is 9.59 Å². The first kappa shape index (κ1) is 19.9. The van der Waals surface area contributed by atoms with Gasteiger partial charge in [-0.25, -0.2) is 0 Å². The van der Waals surface area contributed by atoms with Crippen molar-refractivity contribution in [2.24, 2.45) is 5.41 Å². The van der Waals surface area contributed by atoms with Crippen LogP contribution in [0.15, 0.2) is 6.07 Å². The summed E-state index contributed by atoms with van der Waals surface area (Å²) in [6, 6.07) is 2.07. The molecule has 1 aliphatic heterocycles. The van der Waals surface area contributed by atoms with E-state index in [4.69, 9.17) is 0 Å². The summed E-state index contributed by atoms with van der Waals surface area (Å²) in [5, 5.41) is 6.93. The van der Waals surface area contributed by atoms with Crippen LogP contribution in [0.25, 0.3) is 0 Å². The fraction of sp³-hybridized carbons (Fsp3) is 0.625. The predicted octanol–water partition coefficient (Wildman–Crippen LogP) is 2.90. The van der Waals surface area contributed by atoms with Crippen LogP contribution in [0.5, 0.6) is 0 Å². The van der Waals surface area contributed by atoms with Crippen LogP contribution in [0.3, 0.4) is 0 Å². The summed E-state index contributed by atoms with van der Waals surface area (Å²) in [7, 11) is 0. The van der Waals surface area contributed by atoms with E-state index in [2.05, 4.69) is 17.6 Å². The molecule has 2 heterocycles. The van der Waals surface area contributed by atoms with E-state index in [0.29, 0.717) is 0 Å². The lowest BCUT2D eigenvalue weighted by Gasteiger charge is -2.33. The number of piperazine rings is 1. The average molecular weight is 360 g/mol. The first-order chi connectivity index (χ1) is 10.2. The van der Waals surface area contributed by atoms with E-state index in [0.717, 1.165) is 35.1 Å². The summed E-state index contributed by atoms with van der Waals surface area (Å²) < 4.78 is 0. The van der Waals surface area contributed by atoms with Crippen molar-refractivity contribution in [2.45, 2.75) is 40.7 Å². The van der Waals surface area contributed by atoms with E-state index in [9.17, 15) is 9.59 Å². The van der Waals surface area contributed by atoms with Crippen molar-refractivity contribution in [2.75, 3.05) is 25.0 Å². The van der Waals surface area contributed by atoms with Gasteiger partial charge in [-0.05, 0) is 25.5 Å². The lowest BCUT2D eigenvalue weighted by atomic mass is 9.96. The molecule has 2 rings (SSSR count). The summed E-state index contributed by atoms with van der Waals surface area (Å²) in [4.78, 5) is 27.4. The van der Waals surface area contributed by atoms with E-state index < -0.39 is 5.41 Å². The number of nitrogens with zero attached hydrogens (tertiary/aromatic N) is 1. The molecule has 7 heteroatoms. The molecular formula is C16H26ClN3O2S. The van der Waals surface area contributed by atoms with Gasteiger partial charge in [0.1, 0.15) is 0 Å². The molecule has 23 heavy (non-hydrogen) atoms. The lowest BCUT2D eigenvalue weighted by molar-refractivity contribution is -0.123. The molecule has 1 saturated heterocycles. The number of thiophene rings is 1. The van der Waals surface area contributed by atoms with Crippen molar-refractivity contribution in [1.82, 2.24) is 10.2 Å². The van der Waals surface area contributed by atoms with Crippen molar-refractivity contribution in [3.05, 3.63) is 16.5 Å². The van der Waals surface area contributed by atoms with Crippen molar-refractivity contribution in [3.8, 4) is 0 Å². The Balaban J connectivity index is 0.00000264. The third-order valence-corrected chi connectivity index (χ3v) is 4.93. The Hall–Kier alpha value is -1.11. The Morgan fingerprint density at radius 2 is 2.04 bits per heavy atom. The van der Waals surface area contributed by atoms with E-state index in [-0.39, 0.29) is 30.3 Å². The average Bonchev–Trinajstić information content (AvgIpc) is 2.78. The quantitative estimate of drug-likeness (QED) is 0.853. The summed E-state index contributed by atoms with van der Waals surface area (Å²) in [6.45, 7) is 12.0. The maximum atomic E-state index is 12.7.